The molecule has 0 saturated heterocycles. The first-order valence-electron chi connectivity index (χ1n) is 6.07. The molecule has 0 atom stereocenters. The van der Waals surface area contributed by atoms with Gasteiger partial charge in [-0.2, -0.15) is 4.31 Å². The maximum absolute atomic E-state index is 12.0. The first-order valence-corrected chi connectivity index (χ1v) is 7.68. The molecule has 16 heavy (non-hydrogen) atoms. The Labute approximate surface area is 98.7 Å². The normalized spacial score (nSPS) is 17.3. The summed E-state index contributed by atoms with van der Waals surface area (Å²) in [4.78, 5) is 0. The highest BCUT2D eigenvalue weighted by Crippen LogP contribution is 2.30. The first kappa shape index (κ1) is 13.9. The van der Waals surface area contributed by atoms with Crippen molar-refractivity contribution >= 4 is 10.0 Å². The minimum absolute atomic E-state index is 0.0537. The third-order valence-electron chi connectivity index (χ3n) is 2.80. The summed E-state index contributed by atoms with van der Waals surface area (Å²) in [5.74, 6) is 0.604. The van der Waals surface area contributed by atoms with Crippen LogP contribution in [0.25, 0.3) is 0 Å². The summed E-state index contributed by atoms with van der Waals surface area (Å²) in [5, 5.41) is 8.70. The van der Waals surface area contributed by atoms with Crippen molar-refractivity contribution in [2.24, 2.45) is 5.92 Å². The molecular formula is C11H23NO3S. The fourth-order valence-electron chi connectivity index (χ4n) is 1.66. The van der Waals surface area contributed by atoms with Crippen LogP contribution in [-0.4, -0.2) is 42.8 Å². The maximum atomic E-state index is 12.0. The van der Waals surface area contributed by atoms with Gasteiger partial charge in [-0.15, -0.1) is 0 Å². The summed E-state index contributed by atoms with van der Waals surface area (Å²) in [7, 11) is -3.14. The van der Waals surface area contributed by atoms with Gasteiger partial charge in [0.05, 0.1) is 5.75 Å². The molecule has 96 valence electrons. The summed E-state index contributed by atoms with van der Waals surface area (Å²) in [6.45, 7) is 4.79. The Balaban J connectivity index is 2.54. The van der Waals surface area contributed by atoms with Crippen molar-refractivity contribution in [1.29, 1.82) is 0 Å². The molecule has 0 spiro atoms. The molecule has 0 unspecified atom stereocenters. The van der Waals surface area contributed by atoms with Crippen LogP contribution in [0.4, 0.5) is 0 Å². The molecule has 0 aromatic carbocycles. The van der Waals surface area contributed by atoms with Crippen LogP contribution >= 0.6 is 0 Å². The van der Waals surface area contributed by atoms with Crippen LogP contribution in [0.15, 0.2) is 0 Å². The van der Waals surface area contributed by atoms with Gasteiger partial charge in [-0.1, -0.05) is 13.8 Å². The van der Waals surface area contributed by atoms with E-state index in [1.165, 1.54) is 0 Å². The van der Waals surface area contributed by atoms with E-state index in [1.807, 2.05) is 0 Å². The summed E-state index contributed by atoms with van der Waals surface area (Å²) >= 11 is 0. The van der Waals surface area contributed by atoms with Gasteiger partial charge in [0.25, 0.3) is 0 Å². The van der Waals surface area contributed by atoms with E-state index in [9.17, 15) is 8.42 Å². The van der Waals surface area contributed by atoms with E-state index in [0.717, 1.165) is 19.3 Å². The molecule has 0 aromatic rings. The molecule has 0 aromatic heterocycles. The summed E-state index contributed by atoms with van der Waals surface area (Å²) < 4.78 is 25.7. The average Bonchev–Trinajstić information content (AvgIpc) is 2.98. The second-order valence-corrected chi connectivity index (χ2v) is 6.96. The second kappa shape index (κ2) is 5.98. The van der Waals surface area contributed by atoms with Gasteiger partial charge in [0.1, 0.15) is 0 Å². The van der Waals surface area contributed by atoms with Crippen LogP contribution in [0.3, 0.4) is 0 Å². The zero-order valence-corrected chi connectivity index (χ0v) is 11.0. The van der Waals surface area contributed by atoms with E-state index in [-0.39, 0.29) is 18.4 Å². The number of aliphatic hydroxyl groups excluding tert-OH is 1. The standard InChI is InChI=1S/C11H23NO3S/c1-10(2)6-7-12(11-4-5-11)16(14,15)9-3-8-13/h10-11,13H,3-9H2,1-2H3. The van der Waals surface area contributed by atoms with Gasteiger partial charge in [-0.25, -0.2) is 8.42 Å². The fourth-order valence-corrected chi connectivity index (χ4v) is 3.44. The quantitative estimate of drug-likeness (QED) is 0.703. The van der Waals surface area contributed by atoms with E-state index < -0.39 is 10.0 Å². The van der Waals surface area contributed by atoms with Crippen molar-refractivity contribution in [2.45, 2.75) is 45.6 Å². The highest BCUT2D eigenvalue weighted by Gasteiger charge is 2.36. The highest BCUT2D eigenvalue weighted by atomic mass is 32.2. The predicted octanol–water partition coefficient (Wildman–Crippen LogP) is 1.21. The van der Waals surface area contributed by atoms with Gasteiger partial charge >= 0.3 is 0 Å². The maximum Gasteiger partial charge on any atom is 0.214 e. The zero-order valence-electron chi connectivity index (χ0n) is 10.2. The summed E-state index contributed by atoms with van der Waals surface area (Å²) in [6, 6.07) is 0.238. The Hall–Kier alpha value is -0.130. The van der Waals surface area contributed by atoms with Crippen molar-refractivity contribution in [1.82, 2.24) is 4.31 Å². The van der Waals surface area contributed by atoms with Crippen molar-refractivity contribution < 1.29 is 13.5 Å². The molecule has 0 bridgehead atoms. The lowest BCUT2D eigenvalue weighted by atomic mass is 10.1. The van der Waals surface area contributed by atoms with E-state index in [4.69, 9.17) is 5.11 Å². The van der Waals surface area contributed by atoms with Crippen molar-refractivity contribution in [2.75, 3.05) is 18.9 Å². The highest BCUT2D eigenvalue weighted by molar-refractivity contribution is 7.89. The minimum Gasteiger partial charge on any atom is -0.396 e. The monoisotopic (exact) mass is 249 g/mol. The Bertz CT molecular complexity index is 296. The first-order chi connectivity index (χ1) is 7.47. The number of nitrogens with zero attached hydrogens (tertiary/aromatic N) is 1. The van der Waals surface area contributed by atoms with Crippen molar-refractivity contribution in [3.63, 3.8) is 0 Å². The molecule has 1 aliphatic carbocycles. The van der Waals surface area contributed by atoms with Gasteiger partial charge in [0.15, 0.2) is 0 Å². The molecule has 1 aliphatic rings. The van der Waals surface area contributed by atoms with Crippen molar-refractivity contribution in [3.05, 3.63) is 0 Å². The number of sulfonamides is 1. The number of hydrogen-bond acceptors (Lipinski definition) is 3. The average molecular weight is 249 g/mol. The van der Waals surface area contributed by atoms with Gasteiger partial charge in [0, 0.05) is 19.2 Å². The van der Waals surface area contributed by atoms with E-state index in [1.54, 1.807) is 4.31 Å². The lowest BCUT2D eigenvalue weighted by molar-refractivity contribution is 0.293. The van der Waals surface area contributed by atoms with E-state index >= 15 is 0 Å². The Morgan fingerprint density at radius 3 is 2.44 bits per heavy atom. The summed E-state index contributed by atoms with van der Waals surface area (Å²) in [6.07, 6.45) is 3.25. The molecule has 0 aliphatic heterocycles. The minimum atomic E-state index is -3.14. The third-order valence-corrected chi connectivity index (χ3v) is 4.80. The lowest BCUT2D eigenvalue weighted by Gasteiger charge is -2.22. The van der Waals surface area contributed by atoms with Crippen LogP contribution in [0.2, 0.25) is 0 Å². The second-order valence-electron chi connectivity index (χ2n) is 4.92. The Kier molecular flexibility index (Phi) is 5.21. The Morgan fingerprint density at radius 1 is 1.38 bits per heavy atom. The van der Waals surface area contributed by atoms with Gasteiger partial charge in [-0.3, -0.25) is 0 Å². The smallest absolute Gasteiger partial charge is 0.214 e. The van der Waals surface area contributed by atoms with Crippen LogP contribution in [0, 0.1) is 5.92 Å². The molecule has 1 fully saturated rings. The number of rotatable bonds is 8. The predicted molar refractivity (Wildman–Crippen MR) is 64.7 cm³/mol. The van der Waals surface area contributed by atoms with Gasteiger partial charge in [0.2, 0.25) is 10.0 Å². The topological polar surface area (TPSA) is 57.6 Å². The fraction of sp³-hybridized carbons (Fsp3) is 1.00. The number of aliphatic hydroxyl groups is 1. The van der Waals surface area contributed by atoms with Crippen LogP contribution < -0.4 is 0 Å². The number of hydrogen-bond donors (Lipinski definition) is 1. The third kappa shape index (κ3) is 4.39. The molecule has 4 nitrogen and oxygen atoms in total. The van der Waals surface area contributed by atoms with Gasteiger partial charge < -0.3 is 5.11 Å². The molecule has 1 saturated carbocycles. The van der Waals surface area contributed by atoms with Crippen LogP contribution in [0.1, 0.15) is 39.5 Å². The molecule has 1 rings (SSSR count). The van der Waals surface area contributed by atoms with Gasteiger partial charge in [-0.05, 0) is 31.6 Å². The SMILES string of the molecule is CC(C)CCN(C1CC1)S(=O)(=O)CCCO. The van der Waals surface area contributed by atoms with E-state index in [2.05, 4.69) is 13.8 Å². The largest absolute Gasteiger partial charge is 0.396 e. The van der Waals surface area contributed by atoms with E-state index in [0.29, 0.717) is 18.9 Å². The molecular weight excluding hydrogens is 226 g/mol. The van der Waals surface area contributed by atoms with Crippen LogP contribution in [0.5, 0.6) is 0 Å². The molecule has 5 heteroatoms. The molecule has 0 amide bonds. The van der Waals surface area contributed by atoms with Crippen molar-refractivity contribution in [3.8, 4) is 0 Å². The molecule has 0 radical (unpaired) electrons. The molecule has 0 heterocycles. The molecule has 1 N–H and O–H groups in total. The Morgan fingerprint density at radius 2 is 2.00 bits per heavy atom. The lowest BCUT2D eigenvalue weighted by Crippen LogP contribution is -2.36. The zero-order chi connectivity index (χ0) is 12.2. The summed E-state index contributed by atoms with van der Waals surface area (Å²) in [5.41, 5.74) is 0. The van der Waals surface area contributed by atoms with Crippen LogP contribution in [-0.2, 0) is 10.0 Å².